The lowest BCUT2D eigenvalue weighted by molar-refractivity contribution is 0.0348. The first-order valence-electron chi connectivity index (χ1n) is 8.62. The molecule has 0 bridgehead atoms. The minimum absolute atomic E-state index is 0.0650. The van der Waals surface area contributed by atoms with Crippen molar-refractivity contribution in [2.45, 2.75) is 90.3 Å². The Morgan fingerprint density at radius 3 is 2.21 bits per heavy atom. The zero-order chi connectivity index (χ0) is 19.2. The molecule has 5 nitrogen and oxygen atoms in total. The number of aliphatic hydroxyl groups is 1. The van der Waals surface area contributed by atoms with Gasteiger partial charge in [0.05, 0.1) is 18.8 Å². The molecule has 2 N–H and O–H groups in total. The van der Waals surface area contributed by atoms with E-state index in [9.17, 15) is 9.90 Å². The predicted molar refractivity (Wildman–Crippen MR) is 102 cm³/mol. The van der Waals surface area contributed by atoms with Gasteiger partial charge in [-0.2, -0.15) is 0 Å². The fourth-order valence-electron chi connectivity index (χ4n) is 1.71. The van der Waals surface area contributed by atoms with Crippen LogP contribution in [0.25, 0.3) is 0 Å². The number of amides is 1. The summed E-state index contributed by atoms with van der Waals surface area (Å²) in [5.41, 5.74) is -0.582. The summed E-state index contributed by atoms with van der Waals surface area (Å²) in [5, 5.41) is 13.2. The summed E-state index contributed by atoms with van der Waals surface area (Å²) < 4.78 is 11.5. The van der Waals surface area contributed by atoms with Gasteiger partial charge in [0.15, 0.2) is 8.32 Å². The van der Waals surface area contributed by atoms with Crippen LogP contribution in [0.1, 0.15) is 54.4 Å². The van der Waals surface area contributed by atoms with E-state index in [2.05, 4.69) is 45.8 Å². The molecular formula is C18H37NO4Si. The van der Waals surface area contributed by atoms with Crippen molar-refractivity contribution in [1.29, 1.82) is 0 Å². The predicted octanol–water partition coefficient (Wildman–Crippen LogP) is 4.23. The number of rotatable bonds is 8. The Labute approximate surface area is 148 Å². The van der Waals surface area contributed by atoms with Crippen LogP contribution in [-0.2, 0) is 9.16 Å². The molecule has 0 aromatic rings. The van der Waals surface area contributed by atoms with Crippen LogP contribution in [0.15, 0.2) is 12.7 Å². The van der Waals surface area contributed by atoms with E-state index >= 15 is 0 Å². The molecule has 0 spiro atoms. The lowest BCUT2D eigenvalue weighted by Crippen LogP contribution is -2.51. The molecule has 0 aromatic heterocycles. The molecule has 1 amide bonds. The summed E-state index contributed by atoms with van der Waals surface area (Å²) in [6.07, 6.45) is 1.70. The average Bonchev–Trinajstić information content (AvgIpc) is 2.37. The number of hydrogen-bond donors (Lipinski definition) is 2. The molecular weight excluding hydrogens is 322 g/mol. The molecule has 0 saturated carbocycles. The van der Waals surface area contributed by atoms with Crippen LogP contribution < -0.4 is 5.32 Å². The van der Waals surface area contributed by atoms with Crippen molar-refractivity contribution in [3.05, 3.63) is 12.7 Å². The molecule has 0 saturated heterocycles. The number of aliphatic hydroxyl groups excluding tert-OH is 1. The quantitative estimate of drug-likeness (QED) is 0.503. The van der Waals surface area contributed by atoms with Crippen LogP contribution in [0.4, 0.5) is 4.79 Å². The van der Waals surface area contributed by atoms with Gasteiger partial charge in [-0.3, -0.25) is 0 Å². The third-order valence-corrected chi connectivity index (χ3v) is 8.76. The van der Waals surface area contributed by atoms with Crippen LogP contribution in [0.2, 0.25) is 18.1 Å². The highest BCUT2D eigenvalue weighted by Gasteiger charge is 2.38. The summed E-state index contributed by atoms with van der Waals surface area (Å²) in [5.74, 6) is 0. The molecule has 0 aliphatic heterocycles. The maximum atomic E-state index is 12.1. The van der Waals surface area contributed by atoms with Gasteiger partial charge in [-0.25, -0.2) is 4.79 Å². The van der Waals surface area contributed by atoms with Gasteiger partial charge in [0, 0.05) is 0 Å². The summed E-state index contributed by atoms with van der Waals surface area (Å²) >= 11 is 0. The molecule has 24 heavy (non-hydrogen) atoms. The minimum Gasteiger partial charge on any atom is -0.444 e. The molecule has 2 atom stereocenters. The molecule has 0 fully saturated rings. The highest BCUT2D eigenvalue weighted by atomic mass is 28.4. The smallest absolute Gasteiger partial charge is 0.408 e. The Hall–Kier alpha value is -0.853. The zero-order valence-electron chi connectivity index (χ0n) is 16.7. The largest absolute Gasteiger partial charge is 0.444 e. The monoisotopic (exact) mass is 359 g/mol. The number of carbonyl (C=O) groups is 1. The molecule has 0 unspecified atom stereocenters. The molecule has 142 valence electrons. The van der Waals surface area contributed by atoms with Gasteiger partial charge >= 0.3 is 6.09 Å². The van der Waals surface area contributed by atoms with E-state index in [1.54, 1.807) is 6.08 Å². The van der Waals surface area contributed by atoms with Gasteiger partial charge in [-0.15, -0.1) is 6.58 Å². The average molecular weight is 360 g/mol. The fraction of sp³-hybridized carbons (Fsp3) is 0.833. The zero-order valence-corrected chi connectivity index (χ0v) is 17.7. The van der Waals surface area contributed by atoms with E-state index in [1.165, 1.54) is 0 Å². The minimum atomic E-state index is -1.97. The molecule has 6 heteroatoms. The second-order valence-corrected chi connectivity index (χ2v) is 13.6. The highest BCUT2D eigenvalue weighted by Crippen LogP contribution is 2.36. The first-order valence-corrected chi connectivity index (χ1v) is 11.5. The Morgan fingerprint density at radius 1 is 1.25 bits per heavy atom. The lowest BCUT2D eigenvalue weighted by Gasteiger charge is -2.38. The number of alkyl carbamates (subject to hydrolysis) is 1. The topological polar surface area (TPSA) is 67.8 Å². The van der Waals surface area contributed by atoms with Crippen molar-refractivity contribution in [2.75, 3.05) is 6.61 Å². The Bertz CT molecular complexity index is 410. The van der Waals surface area contributed by atoms with Gasteiger partial charge in [0.2, 0.25) is 0 Å². The van der Waals surface area contributed by atoms with Gasteiger partial charge in [-0.05, 0) is 51.7 Å². The van der Waals surface area contributed by atoms with Crippen molar-refractivity contribution in [1.82, 2.24) is 5.32 Å². The maximum absolute atomic E-state index is 12.1. The van der Waals surface area contributed by atoms with Crippen molar-refractivity contribution >= 4 is 14.4 Å². The summed E-state index contributed by atoms with van der Waals surface area (Å²) in [7, 11) is -1.97. The first kappa shape index (κ1) is 23.1. The molecule has 0 radical (unpaired) electrons. The highest BCUT2D eigenvalue weighted by molar-refractivity contribution is 6.74. The van der Waals surface area contributed by atoms with E-state index in [0.29, 0.717) is 12.8 Å². The van der Waals surface area contributed by atoms with E-state index in [0.717, 1.165) is 0 Å². The molecule has 0 aromatic carbocycles. The normalized spacial score (nSPS) is 15.5. The molecule has 0 aliphatic rings. The Balaban J connectivity index is 4.94. The van der Waals surface area contributed by atoms with Crippen LogP contribution in [-0.4, -0.2) is 43.9 Å². The van der Waals surface area contributed by atoms with Crippen molar-refractivity contribution in [3.8, 4) is 0 Å². The number of nitrogens with one attached hydrogen (secondary N) is 1. The summed E-state index contributed by atoms with van der Waals surface area (Å²) in [6.45, 7) is 20.1. The molecule has 0 rings (SSSR count). The van der Waals surface area contributed by atoms with Crippen molar-refractivity contribution in [2.24, 2.45) is 0 Å². The number of ether oxygens (including phenoxy) is 1. The van der Waals surface area contributed by atoms with E-state index in [-0.39, 0.29) is 11.6 Å². The number of allylic oxidation sites excluding steroid dienone is 1. The fourth-order valence-corrected chi connectivity index (χ4v) is 2.74. The Morgan fingerprint density at radius 2 is 1.79 bits per heavy atom. The molecule has 0 heterocycles. The third-order valence-electron chi connectivity index (χ3n) is 4.26. The van der Waals surface area contributed by atoms with Gasteiger partial charge < -0.3 is 19.6 Å². The van der Waals surface area contributed by atoms with Crippen molar-refractivity contribution < 1.29 is 19.1 Å². The maximum Gasteiger partial charge on any atom is 0.408 e. The van der Waals surface area contributed by atoms with Crippen LogP contribution in [0, 0.1) is 0 Å². The number of carbonyl (C=O) groups excluding carboxylic acids is 1. The van der Waals surface area contributed by atoms with E-state index < -0.39 is 32.2 Å². The van der Waals surface area contributed by atoms with Gasteiger partial charge in [-0.1, -0.05) is 26.8 Å². The van der Waals surface area contributed by atoms with Crippen molar-refractivity contribution in [3.63, 3.8) is 0 Å². The van der Waals surface area contributed by atoms with Crippen LogP contribution in [0.5, 0.6) is 0 Å². The SMILES string of the molecule is C=CCC[C@@H](O)[C@@H](CO[Si](C)(C)C(C)(C)C)NC(=O)OC(C)(C)C. The second-order valence-electron chi connectivity index (χ2n) is 8.76. The summed E-state index contributed by atoms with van der Waals surface area (Å²) in [6, 6.07) is -0.506. The van der Waals surface area contributed by atoms with Crippen LogP contribution in [0.3, 0.4) is 0 Å². The Kier molecular flexibility index (Phi) is 8.69. The summed E-state index contributed by atoms with van der Waals surface area (Å²) in [4.78, 5) is 12.1. The number of hydrogen-bond acceptors (Lipinski definition) is 4. The molecule has 0 aliphatic carbocycles. The standard InChI is InChI=1S/C18H37NO4Si/c1-10-11-12-15(20)14(19-16(21)23-17(2,3)4)13-22-24(8,9)18(5,6)7/h10,14-15,20H,1,11-13H2,2-9H3,(H,19,21)/t14-,15-/m1/s1. The van der Waals surface area contributed by atoms with Gasteiger partial charge in [0.25, 0.3) is 0 Å². The first-order chi connectivity index (χ1) is 10.7. The van der Waals surface area contributed by atoms with Gasteiger partial charge in [0.1, 0.15) is 5.60 Å². The van der Waals surface area contributed by atoms with E-state index in [4.69, 9.17) is 9.16 Å². The lowest BCUT2D eigenvalue weighted by atomic mass is 10.1. The third kappa shape index (κ3) is 8.85. The second kappa shape index (κ2) is 9.01. The van der Waals surface area contributed by atoms with E-state index in [1.807, 2.05) is 20.8 Å². The van der Waals surface area contributed by atoms with Crippen LogP contribution >= 0.6 is 0 Å².